The predicted molar refractivity (Wildman–Crippen MR) is 75.9 cm³/mol. The molecule has 0 aliphatic rings. The van der Waals surface area contributed by atoms with E-state index in [9.17, 15) is 18.3 Å². The first-order valence-electron chi connectivity index (χ1n) is 6.84. The van der Waals surface area contributed by atoms with E-state index in [1.54, 1.807) is 0 Å². The molecule has 0 aliphatic heterocycles. The number of rotatable bonds is 4. The number of aliphatic hydroxyl groups is 1. The minimum Gasteiger partial charge on any atom is -0.388 e. The van der Waals surface area contributed by atoms with Crippen LogP contribution in [0.4, 0.5) is 13.2 Å². The van der Waals surface area contributed by atoms with Gasteiger partial charge in [0.2, 0.25) is 0 Å². The lowest BCUT2D eigenvalue weighted by Gasteiger charge is -2.25. The summed E-state index contributed by atoms with van der Waals surface area (Å²) in [6, 6.07) is 14.3. The molecule has 112 valence electrons. The molecule has 0 saturated heterocycles. The van der Waals surface area contributed by atoms with Crippen molar-refractivity contribution in [2.75, 3.05) is 0 Å². The van der Waals surface area contributed by atoms with E-state index < -0.39 is 17.8 Å². The largest absolute Gasteiger partial charge is 0.416 e. The van der Waals surface area contributed by atoms with Gasteiger partial charge in [0.25, 0.3) is 0 Å². The molecule has 0 radical (unpaired) electrons. The lowest BCUT2D eigenvalue weighted by molar-refractivity contribution is -0.139. The zero-order chi connectivity index (χ0) is 15.5. The zero-order valence-corrected chi connectivity index (χ0v) is 11.6. The summed E-state index contributed by atoms with van der Waals surface area (Å²) in [6.45, 7) is 1.86. The Kier molecular flexibility index (Phi) is 4.68. The average Bonchev–Trinajstić information content (AvgIpc) is 2.48. The molecule has 0 aromatic heterocycles. The Morgan fingerprint density at radius 1 is 0.952 bits per heavy atom. The van der Waals surface area contributed by atoms with Gasteiger partial charge in [-0.1, -0.05) is 55.5 Å². The van der Waals surface area contributed by atoms with Gasteiger partial charge in [0.1, 0.15) is 0 Å². The molecule has 1 N–H and O–H groups in total. The van der Waals surface area contributed by atoms with Crippen molar-refractivity contribution in [2.24, 2.45) is 0 Å². The fraction of sp³-hybridized carbons (Fsp3) is 0.294. The smallest absolute Gasteiger partial charge is 0.388 e. The fourth-order valence-electron chi connectivity index (χ4n) is 2.57. The maximum atomic E-state index is 13.1. The van der Waals surface area contributed by atoms with Gasteiger partial charge in [-0.3, -0.25) is 0 Å². The Balaban J connectivity index is 2.42. The molecule has 2 rings (SSSR count). The first-order chi connectivity index (χ1) is 9.95. The number of benzene rings is 2. The third kappa shape index (κ3) is 3.45. The summed E-state index contributed by atoms with van der Waals surface area (Å²) in [4.78, 5) is 0. The van der Waals surface area contributed by atoms with Gasteiger partial charge in [-0.15, -0.1) is 0 Å². The Hall–Kier alpha value is -1.81. The zero-order valence-electron chi connectivity index (χ0n) is 11.6. The summed E-state index contributed by atoms with van der Waals surface area (Å²) in [5.41, 5.74) is -0.00272. The van der Waals surface area contributed by atoms with Crippen LogP contribution < -0.4 is 0 Å². The van der Waals surface area contributed by atoms with Gasteiger partial charge in [0, 0.05) is 5.92 Å². The Labute approximate surface area is 122 Å². The van der Waals surface area contributed by atoms with Crippen LogP contribution in [0, 0.1) is 0 Å². The molecule has 0 amide bonds. The number of aliphatic hydroxyl groups excluding tert-OH is 1. The second kappa shape index (κ2) is 6.31. The highest BCUT2D eigenvalue weighted by Gasteiger charge is 2.36. The van der Waals surface area contributed by atoms with Crippen LogP contribution in [0.2, 0.25) is 0 Å². The van der Waals surface area contributed by atoms with E-state index >= 15 is 0 Å². The quantitative estimate of drug-likeness (QED) is 0.847. The van der Waals surface area contributed by atoms with E-state index in [0.717, 1.165) is 11.6 Å². The average molecular weight is 294 g/mol. The van der Waals surface area contributed by atoms with E-state index in [4.69, 9.17) is 0 Å². The molecule has 2 unspecified atom stereocenters. The van der Waals surface area contributed by atoms with Gasteiger partial charge in [0.15, 0.2) is 0 Å². The molecule has 0 saturated carbocycles. The fourth-order valence-corrected chi connectivity index (χ4v) is 2.57. The molecular formula is C17H17F3O. The van der Waals surface area contributed by atoms with E-state index in [-0.39, 0.29) is 11.5 Å². The van der Waals surface area contributed by atoms with E-state index in [1.165, 1.54) is 18.2 Å². The van der Waals surface area contributed by atoms with Gasteiger partial charge in [-0.05, 0) is 23.6 Å². The van der Waals surface area contributed by atoms with Crippen molar-refractivity contribution < 1.29 is 18.3 Å². The molecule has 2 atom stereocenters. The number of alkyl halides is 3. The summed E-state index contributed by atoms with van der Waals surface area (Å²) in [5.74, 6) is -0.366. The van der Waals surface area contributed by atoms with E-state index in [1.807, 2.05) is 37.3 Å². The lowest BCUT2D eigenvalue weighted by Crippen LogP contribution is -2.16. The van der Waals surface area contributed by atoms with Crippen LogP contribution in [0.3, 0.4) is 0 Å². The molecular weight excluding hydrogens is 277 g/mol. The maximum Gasteiger partial charge on any atom is 0.416 e. The van der Waals surface area contributed by atoms with Crippen LogP contribution in [0.25, 0.3) is 0 Å². The first-order valence-corrected chi connectivity index (χ1v) is 6.84. The van der Waals surface area contributed by atoms with Gasteiger partial charge >= 0.3 is 6.18 Å². The minimum absolute atomic E-state index is 0.0688. The van der Waals surface area contributed by atoms with E-state index in [0.29, 0.717) is 6.42 Å². The lowest BCUT2D eigenvalue weighted by atomic mass is 9.85. The molecule has 0 aliphatic carbocycles. The van der Waals surface area contributed by atoms with E-state index in [2.05, 4.69) is 0 Å². The maximum absolute atomic E-state index is 13.1. The summed E-state index contributed by atoms with van der Waals surface area (Å²) < 4.78 is 39.2. The van der Waals surface area contributed by atoms with Gasteiger partial charge in [-0.2, -0.15) is 13.2 Å². The summed E-state index contributed by atoms with van der Waals surface area (Å²) in [5, 5.41) is 10.5. The summed E-state index contributed by atoms with van der Waals surface area (Å²) in [6.07, 6.45) is -5.10. The Bertz CT molecular complexity index is 578. The molecule has 1 nitrogen and oxygen atoms in total. The van der Waals surface area contributed by atoms with Crippen LogP contribution in [0.15, 0.2) is 54.6 Å². The molecule has 0 fully saturated rings. The van der Waals surface area contributed by atoms with Crippen LogP contribution in [0.1, 0.15) is 42.1 Å². The number of halogens is 3. The van der Waals surface area contributed by atoms with Crippen molar-refractivity contribution in [1.82, 2.24) is 0 Å². The molecule has 4 heteroatoms. The third-order valence-corrected chi connectivity index (χ3v) is 3.63. The van der Waals surface area contributed by atoms with Crippen molar-refractivity contribution >= 4 is 0 Å². The highest BCUT2D eigenvalue weighted by atomic mass is 19.4. The Morgan fingerprint density at radius 2 is 1.52 bits per heavy atom. The van der Waals surface area contributed by atoms with Crippen molar-refractivity contribution in [2.45, 2.75) is 31.5 Å². The monoisotopic (exact) mass is 294 g/mol. The van der Waals surface area contributed by atoms with Crippen LogP contribution >= 0.6 is 0 Å². The van der Waals surface area contributed by atoms with Crippen molar-refractivity contribution in [3.05, 3.63) is 71.3 Å². The molecule has 0 bridgehead atoms. The Morgan fingerprint density at radius 3 is 2.10 bits per heavy atom. The van der Waals surface area contributed by atoms with Gasteiger partial charge < -0.3 is 5.11 Å². The number of hydrogen-bond acceptors (Lipinski definition) is 1. The second-order valence-corrected chi connectivity index (χ2v) is 4.96. The predicted octanol–water partition coefficient (Wildman–Crippen LogP) is 4.93. The molecule has 21 heavy (non-hydrogen) atoms. The van der Waals surface area contributed by atoms with Crippen molar-refractivity contribution in [1.29, 1.82) is 0 Å². The highest BCUT2D eigenvalue weighted by Crippen LogP contribution is 2.40. The minimum atomic E-state index is -4.47. The summed E-state index contributed by atoms with van der Waals surface area (Å²) >= 11 is 0. The standard InChI is InChI=1S/C17H17F3O/c1-2-13(12-8-4-3-5-9-12)16(21)14-10-6-7-11-15(14)17(18,19)20/h3-11,13,16,21H,2H2,1H3. The molecule has 2 aromatic carbocycles. The topological polar surface area (TPSA) is 20.2 Å². The van der Waals surface area contributed by atoms with Crippen molar-refractivity contribution in [3.63, 3.8) is 0 Å². The second-order valence-electron chi connectivity index (χ2n) is 4.96. The van der Waals surface area contributed by atoms with Crippen LogP contribution in [-0.2, 0) is 6.18 Å². The van der Waals surface area contributed by atoms with Crippen molar-refractivity contribution in [3.8, 4) is 0 Å². The SMILES string of the molecule is CCC(c1ccccc1)C(O)c1ccccc1C(F)(F)F. The molecule has 0 heterocycles. The van der Waals surface area contributed by atoms with Crippen LogP contribution in [0.5, 0.6) is 0 Å². The molecule has 0 spiro atoms. The van der Waals surface area contributed by atoms with Gasteiger partial charge in [-0.25, -0.2) is 0 Å². The normalized spacial score (nSPS) is 14.7. The highest BCUT2D eigenvalue weighted by molar-refractivity contribution is 5.34. The van der Waals surface area contributed by atoms with Gasteiger partial charge in [0.05, 0.1) is 11.7 Å². The van der Waals surface area contributed by atoms with Crippen LogP contribution in [-0.4, -0.2) is 5.11 Å². The first kappa shape index (κ1) is 15.6. The molecule has 2 aromatic rings. The number of hydrogen-bond donors (Lipinski definition) is 1. The summed E-state index contributed by atoms with van der Waals surface area (Å²) in [7, 11) is 0. The third-order valence-electron chi connectivity index (χ3n) is 3.63.